The first-order chi connectivity index (χ1) is 7.65. The van der Waals surface area contributed by atoms with E-state index < -0.39 is 0 Å². The zero-order valence-electron chi connectivity index (χ0n) is 10.4. The monoisotopic (exact) mass is 219 g/mol. The molecule has 1 aromatic carbocycles. The molecule has 1 rings (SSSR count). The first-order valence-corrected chi connectivity index (χ1v) is 5.97. The molecule has 16 heavy (non-hydrogen) atoms. The second-order valence-corrected chi connectivity index (χ2v) is 4.33. The van der Waals surface area contributed by atoms with Crippen molar-refractivity contribution in [2.75, 3.05) is 0 Å². The molecule has 0 saturated carbocycles. The molecule has 1 amide bonds. The first-order valence-electron chi connectivity index (χ1n) is 5.97. The minimum atomic E-state index is 0.119. The summed E-state index contributed by atoms with van der Waals surface area (Å²) in [5.74, 6) is 0.277. The van der Waals surface area contributed by atoms with E-state index in [-0.39, 0.29) is 11.8 Å². The minimum absolute atomic E-state index is 0.119. The van der Waals surface area contributed by atoms with Gasteiger partial charge in [0.25, 0.3) is 0 Å². The van der Waals surface area contributed by atoms with Crippen LogP contribution in [-0.2, 0) is 11.3 Å². The smallest absolute Gasteiger partial charge is 0.223 e. The standard InChI is InChI=1S/C14H21NO/c1-4-7-12(3)14(16)15-10-13-9-6-5-8-11(13)2/h5-6,8-9,12H,4,7,10H2,1-3H3,(H,15,16). The molecule has 0 heterocycles. The fraction of sp³-hybridized carbons (Fsp3) is 0.500. The van der Waals surface area contributed by atoms with Gasteiger partial charge in [0.2, 0.25) is 5.91 Å². The predicted octanol–water partition coefficient (Wildman–Crippen LogP) is 3.05. The first kappa shape index (κ1) is 12.8. The maximum atomic E-state index is 11.7. The average molecular weight is 219 g/mol. The number of hydrogen-bond donors (Lipinski definition) is 1. The van der Waals surface area contributed by atoms with E-state index in [0.29, 0.717) is 6.54 Å². The van der Waals surface area contributed by atoms with Gasteiger partial charge in [-0.2, -0.15) is 0 Å². The molecule has 0 saturated heterocycles. The Morgan fingerprint density at radius 3 is 2.69 bits per heavy atom. The molecular weight excluding hydrogens is 198 g/mol. The lowest BCUT2D eigenvalue weighted by Gasteiger charge is -2.12. The van der Waals surface area contributed by atoms with Crippen LogP contribution in [0.3, 0.4) is 0 Å². The lowest BCUT2D eigenvalue weighted by Crippen LogP contribution is -2.28. The Hall–Kier alpha value is -1.31. The van der Waals surface area contributed by atoms with Gasteiger partial charge in [-0.05, 0) is 24.5 Å². The highest BCUT2D eigenvalue weighted by molar-refractivity contribution is 5.78. The van der Waals surface area contributed by atoms with Crippen molar-refractivity contribution in [2.24, 2.45) is 5.92 Å². The Labute approximate surface area is 98.1 Å². The Morgan fingerprint density at radius 1 is 1.38 bits per heavy atom. The van der Waals surface area contributed by atoms with Crippen molar-refractivity contribution in [3.05, 3.63) is 35.4 Å². The summed E-state index contributed by atoms with van der Waals surface area (Å²) >= 11 is 0. The van der Waals surface area contributed by atoms with Crippen LogP contribution in [0.4, 0.5) is 0 Å². The third-order valence-electron chi connectivity index (χ3n) is 2.88. The lowest BCUT2D eigenvalue weighted by molar-refractivity contribution is -0.124. The molecule has 88 valence electrons. The summed E-state index contributed by atoms with van der Waals surface area (Å²) in [5, 5.41) is 2.99. The highest BCUT2D eigenvalue weighted by atomic mass is 16.1. The molecule has 0 aliphatic carbocycles. The van der Waals surface area contributed by atoms with Gasteiger partial charge in [-0.1, -0.05) is 44.5 Å². The number of amides is 1. The van der Waals surface area contributed by atoms with Crippen molar-refractivity contribution in [3.8, 4) is 0 Å². The summed E-state index contributed by atoms with van der Waals surface area (Å²) in [5.41, 5.74) is 2.42. The van der Waals surface area contributed by atoms with Gasteiger partial charge >= 0.3 is 0 Å². The van der Waals surface area contributed by atoms with Crippen LogP contribution in [0.1, 0.15) is 37.8 Å². The molecule has 0 radical (unpaired) electrons. The van der Waals surface area contributed by atoms with Crippen molar-refractivity contribution in [1.29, 1.82) is 0 Å². The Morgan fingerprint density at radius 2 is 2.06 bits per heavy atom. The number of nitrogens with one attached hydrogen (secondary N) is 1. The van der Waals surface area contributed by atoms with Crippen LogP contribution in [0.5, 0.6) is 0 Å². The summed E-state index contributed by atoms with van der Waals surface area (Å²) < 4.78 is 0. The van der Waals surface area contributed by atoms with Crippen LogP contribution in [0.15, 0.2) is 24.3 Å². The Bertz CT molecular complexity index is 346. The van der Waals surface area contributed by atoms with Crippen LogP contribution in [0.2, 0.25) is 0 Å². The summed E-state index contributed by atoms with van der Waals surface area (Å²) in [6.07, 6.45) is 2.01. The number of aryl methyl sites for hydroxylation is 1. The molecule has 1 unspecified atom stereocenters. The van der Waals surface area contributed by atoms with E-state index in [2.05, 4.69) is 31.3 Å². The van der Waals surface area contributed by atoms with E-state index in [1.54, 1.807) is 0 Å². The van der Waals surface area contributed by atoms with E-state index >= 15 is 0 Å². The molecule has 2 heteroatoms. The van der Waals surface area contributed by atoms with Crippen LogP contribution in [0.25, 0.3) is 0 Å². The SMILES string of the molecule is CCCC(C)C(=O)NCc1ccccc1C. The highest BCUT2D eigenvalue weighted by Crippen LogP contribution is 2.08. The maximum absolute atomic E-state index is 11.7. The van der Waals surface area contributed by atoms with E-state index in [9.17, 15) is 4.79 Å². The normalized spacial score (nSPS) is 12.2. The molecule has 2 nitrogen and oxygen atoms in total. The molecule has 1 aromatic rings. The molecule has 0 spiro atoms. The lowest BCUT2D eigenvalue weighted by atomic mass is 10.0. The largest absolute Gasteiger partial charge is 0.352 e. The molecule has 0 aromatic heterocycles. The highest BCUT2D eigenvalue weighted by Gasteiger charge is 2.11. The molecular formula is C14H21NO. The van der Waals surface area contributed by atoms with Crippen molar-refractivity contribution in [1.82, 2.24) is 5.32 Å². The van der Waals surface area contributed by atoms with Gasteiger partial charge in [-0.3, -0.25) is 4.79 Å². The molecule has 0 aliphatic heterocycles. The van der Waals surface area contributed by atoms with E-state index in [1.165, 1.54) is 11.1 Å². The van der Waals surface area contributed by atoms with Crippen molar-refractivity contribution in [2.45, 2.75) is 40.2 Å². The van der Waals surface area contributed by atoms with Crippen molar-refractivity contribution < 1.29 is 4.79 Å². The quantitative estimate of drug-likeness (QED) is 0.810. The number of carbonyl (C=O) groups is 1. The maximum Gasteiger partial charge on any atom is 0.223 e. The van der Waals surface area contributed by atoms with Crippen LogP contribution >= 0.6 is 0 Å². The van der Waals surface area contributed by atoms with Crippen molar-refractivity contribution in [3.63, 3.8) is 0 Å². The van der Waals surface area contributed by atoms with E-state index in [4.69, 9.17) is 0 Å². The topological polar surface area (TPSA) is 29.1 Å². The number of benzene rings is 1. The molecule has 1 atom stereocenters. The van der Waals surface area contributed by atoms with Gasteiger partial charge in [0.1, 0.15) is 0 Å². The number of carbonyl (C=O) groups excluding carboxylic acids is 1. The van der Waals surface area contributed by atoms with Gasteiger partial charge in [0.15, 0.2) is 0 Å². The fourth-order valence-electron chi connectivity index (χ4n) is 1.73. The summed E-state index contributed by atoms with van der Waals surface area (Å²) in [7, 11) is 0. The van der Waals surface area contributed by atoms with E-state index in [0.717, 1.165) is 12.8 Å². The van der Waals surface area contributed by atoms with Crippen LogP contribution in [-0.4, -0.2) is 5.91 Å². The second-order valence-electron chi connectivity index (χ2n) is 4.33. The average Bonchev–Trinajstić information content (AvgIpc) is 2.28. The predicted molar refractivity (Wildman–Crippen MR) is 67.1 cm³/mol. The Kier molecular flexibility index (Phi) is 5.03. The van der Waals surface area contributed by atoms with Gasteiger partial charge in [0.05, 0.1) is 0 Å². The molecule has 0 aliphatic rings. The molecule has 0 fully saturated rings. The summed E-state index contributed by atoms with van der Waals surface area (Å²) in [6.45, 7) is 6.79. The Balaban J connectivity index is 2.46. The minimum Gasteiger partial charge on any atom is -0.352 e. The number of rotatable bonds is 5. The van der Waals surface area contributed by atoms with Gasteiger partial charge in [-0.25, -0.2) is 0 Å². The van der Waals surface area contributed by atoms with Crippen molar-refractivity contribution >= 4 is 5.91 Å². The molecule has 1 N–H and O–H groups in total. The zero-order chi connectivity index (χ0) is 12.0. The van der Waals surface area contributed by atoms with Gasteiger partial charge < -0.3 is 5.32 Å². The summed E-state index contributed by atoms with van der Waals surface area (Å²) in [4.78, 5) is 11.7. The summed E-state index contributed by atoms with van der Waals surface area (Å²) in [6, 6.07) is 8.14. The van der Waals surface area contributed by atoms with Crippen LogP contribution < -0.4 is 5.32 Å². The fourth-order valence-corrected chi connectivity index (χ4v) is 1.73. The zero-order valence-corrected chi connectivity index (χ0v) is 10.4. The van der Waals surface area contributed by atoms with E-state index in [1.807, 2.05) is 19.1 Å². The number of hydrogen-bond acceptors (Lipinski definition) is 1. The third kappa shape index (κ3) is 3.69. The van der Waals surface area contributed by atoms with Crippen LogP contribution in [0, 0.1) is 12.8 Å². The van der Waals surface area contributed by atoms with Gasteiger partial charge in [-0.15, -0.1) is 0 Å². The third-order valence-corrected chi connectivity index (χ3v) is 2.88. The molecule has 0 bridgehead atoms. The second kappa shape index (κ2) is 6.31. The van der Waals surface area contributed by atoms with Gasteiger partial charge in [0, 0.05) is 12.5 Å².